The zero-order valence-electron chi connectivity index (χ0n) is 13.2. The molecule has 4 heteroatoms. The van der Waals surface area contributed by atoms with Crippen LogP contribution in [0.2, 0.25) is 5.02 Å². The number of nitrogens with one attached hydrogen (secondary N) is 1. The number of halogens is 1. The normalized spacial score (nSPS) is 22.2. The van der Waals surface area contributed by atoms with E-state index in [-0.39, 0.29) is 6.10 Å². The van der Waals surface area contributed by atoms with E-state index in [9.17, 15) is 0 Å². The van der Waals surface area contributed by atoms with Gasteiger partial charge in [0.25, 0.3) is 0 Å². The van der Waals surface area contributed by atoms with Gasteiger partial charge in [-0.2, -0.15) is 0 Å². The molecule has 1 heterocycles. The van der Waals surface area contributed by atoms with E-state index in [4.69, 9.17) is 16.3 Å². The number of pyridine rings is 1. The van der Waals surface area contributed by atoms with E-state index in [1.807, 2.05) is 12.3 Å². The molecule has 0 amide bonds. The van der Waals surface area contributed by atoms with Crippen molar-refractivity contribution in [2.45, 2.75) is 65.0 Å². The summed E-state index contributed by atoms with van der Waals surface area (Å²) in [5.41, 5.74) is 1.11. The molecular formula is C17H27ClN2O. The highest BCUT2D eigenvalue weighted by Crippen LogP contribution is 2.32. The van der Waals surface area contributed by atoms with E-state index < -0.39 is 0 Å². The third kappa shape index (κ3) is 4.86. The molecule has 1 aliphatic rings. The van der Waals surface area contributed by atoms with Crippen molar-refractivity contribution in [1.29, 1.82) is 0 Å². The SMILES string of the molecule is CCCNCc1cnc(OC2CCCCC2CC)c(Cl)c1. The highest BCUT2D eigenvalue weighted by atomic mass is 35.5. The lowest BCUT2D eigenvalue weighted by Gasteiger charge is -2.31. The van der Waals surface area contributed by atoms with Gasteiger partial charge in [-0.25, -0.2) is 4.98 Å². The second-order valence-corrected chi connectivity index (χ2v) is 6.32. The van der Waals surface area contributed by atoms with Crippen molar-refractivity contribution >= 4 is 11.6 Å². The zero-order valence-corrected chi connectivity index (χ0v) is 14.0. The van der Waals surface area contributed by atoms with Gasteiger partial charge in [-0.05, 0) is 56.2 Å². The second kappa shape index (κ2) is 8.60. The van der Waals surface area contributed by atoms with E-state index in [2.05, 4.69) is 24.1 Å². The number of hydrogen-bond donors (Lipinski definition) is 1. The molecule has 0 bridgehead atoms. The average molecular weight is 311 g/mol. The van der Waals surface area contributed by atoms with E-state index in [0.29, 0.717) is 16.8 Å². The maximum Gasteiger partial charge on any atom is 0.232 e. The first-order valence-corrected chi connectivity index (χ1v) is 8.64. The molecule has 1 N–H and O–H groups in total. The molecule has 0 aromatic carbocycles. The number of ether oxygens (including phenoxy) is 1. The molecular weight excluding hydrogens is 284 g/mol. The van der Waals surface area contributed by atoms with Crippen molar-refractivity contribution in [3.05, 3.63) is 22.8 Å². The summed E-state index contributed by atoms with van der Waals surface area (Å²) in [6.45, 7) is 6.21. The minimum absolute atomic E-state index is 0.276. The van der Waals surface area contributed by atoms with Crippen LogP contribution in [0.3, 0.4) is 0 Å². The Kier molecular flexibility index (Phi) is 6.78. The first-order chi connectivity index (χ1) is 10.2. The van der Waals surface area contributed by atoms with Gasteiger partial charge in [0.2, 0.25) is 5.88 Å². The fourth-order valence-electron chi connectivity index (χ4n) is 3.00. The topological polar surface area (TPSA) is 34.2 Å². The highest BCUT2D eigenvalue weighted by molar-refractivity contribution is 6.31. The Morgan fingerprint density at radius 3 is 2.86 bits per heavy atom. The second-order valence-electron chi connectivity index (χ2n) is 5.92. The molecule has 21 heavy (non-hydrogen) atoms. The molecule has 2 unspecified atom stereocenters. The van der Waals surface area contributed by atoms with Crippen LogP contribution in [-0.2, 0) is 6.54 Å². The molecule has 1 saturated carbocycles. The van der Waals surface area contributed by atoms with Crippen molar-refractivity contribution in [2.24, 2.45) is 5.92 Å². The van der Waals surface area contributed by atoms with Crippen molar-refractivity contribution in [3.8, 4) is 5.88 Å². The molecule has 0 saturated heterocycles. The van der Waals surface area contributed by atoms with E-state index >= 15 is 0 Å². The summed E-state index contributed by atoms with van der Waals surface area (Å²) in [4.78, 5) is 4.43. The number of nitrogens with zero attached hydrogens (tertiary/aromatic N) is 1. The van der Waals surface area contributed by atoms with Crippen LogP contribution in [0.1, 0.15) is 57.9 Å². The van der Waals surface area contributed by atoms with Gasteiger partial charge in [-0.15, -0.1) is 0 Å². The third-order valence-electron chi connectivity index (χ3n) is 4.25. The van der Waals surface area contributed by atoms with Crippen LogP contribution in [0, 0.1) is 5.92 Å². The van der Waals surface area contributed by atoms with Crippen molar-refractivity contribution < 1.29 is 4.74 Å². The van der Waals surface area contributed by atoms with Crippen molar-refractivity contribution in [1.82, 2.24) is 10.3 Å². The molecule has 118 valence electrons. The predicted molar refractivity (Wildman–Crippen MR) is 87.9 cm³/mol. The van der Waals surface area contributed by atoms with Crippen LogP contribution in [-0.4, -0.2) is 17.6 Å². The lowest BCUT2D eigenvalue weighted by molar-refractivity contribution is 0.0859. The van der Waals surface area contributed by atoms with Crippen LogP contribution < -0.4 is 10.1 Å². The lowest BCUT2D eigenvalue weighted by Crippen LogP contribution is -2.30. The summed E-state index contributed by atoms with van der Waals surface area (Å²) in [7, 11) is 0. The average Bonchev–Trinajstić information content (AvgIpc) is 2.50. The molecule has 2 rings (SSSR count). The van der Waals surface area contributed by atoms with Gasteiger partial charge in [0, 0.05) is 12.7 Å². The van der Waals surface area contributed by atoms with Crippen LogP contribution >= 0.6 is 11.6 Å². The first-order valence-electron chi connectivity index (χ1n) is 8.26. The largest absolute Gasteiger partial charge is 0.473 e. The molecule has 1 aromatic rings. The summed E-state index contributed by atoms with van der Waals surface area (Å²) >= 11 is 6.34. The number of rotatable bonds is 7. The molecule has 1 aromatic heterocycles. The predicted octanol–water partition coefficient (Wildman–Crippen LogP) is 4.58. The van der Waals surface area contributed by atoms with Gasteiger partial charge in [0.1, 0.15) is 11.1 Å². The number of aromatic nitrogens is 1. The molecule has 2 atom stereocenters. The Bertz CT molecular complexity index is 439. The zero-order chi connectivity index (χ0) is 15.1. The van der Waals surface area contributed by atoms with E-state index in [1.54, 1.807) is 0 Å². The van der Waals surface area contributed by atoms with Crippen LogP contribution in [0.4, 0.5) is 0 Å². The smallest absolute Gasteiger partial charge is 0.232 e. The van der Waals surface area contributed by atoms with Crippen molar-refractivity contribution in [3.63, 3.8) is 0 Å². The van der Waals surface area contributed by atoms with Crippen molar-refractivity contribution in [2.75, 3.05) is 6.54 Å². The Labute approximate surface area is 133 Å². The standard InChI is InChI=1S/C17H27ClN2O/c1-3-9-19-11-13-10-15(18)17(20-12-13)21-16-8-6-5-7-14(16)4-2/h10,12,14,16,19H,3-9,11H2,1-2H3. The molecule has 1 aliphatic carbocycles. The van der Waals surface area contributed by atoms with Crippen LogP contribution in [0.25, 0.3) is 0 Å². The van der Waals surface area contributed by atoms with Gasteiger partial charge in [0.15, 0.2) is 0 Å². The van der Waals surface area contributed by atoms with Gasteiger partial charge >= 0.3 is 0 Å². The Hall–Kier alpha value is -0.800. The van der Waals surface area contributed by atoms with E-state index in [0.717, 1.165) is 31.5 Å². The highest BCUT2D eigenvalue weighted by Gasteiger charge is 2.26. The first kappa shape index (κ1) is 16.6. The summed E-state index contributed by atoms with van der Waals surface area (Å²) < 4.78 is 6.11. The monoisotopic (exact) mass is 310 g/mol. The Balaban J connectivity index is 1.96. The quantitative estimate of drug-likeness (QED) is 0.748. The van der Waals surface area contributed by atoms with Crippen LogP contribution in [0.15, 0.2) is 12.3 Å². The molecule has 0 radical (unpaired) electrons. The molecule has 3 nitrogen and oxygen atoms in total. The van der Waals surface area contributed by atoms with Crippen LogP contribution in [0.5, 0.6) is 5.88 Å². The van der Waals surface area contributed by atoms with E-state index in [1.165, 1.54) is 25.7 Å². The molecule has 1 fully saturated rings. The summed E-state index contributed by atoms with van der Waals surface area (Å²) in [6, 6.07) is 1.97. The van der Waals surface area contributed by atoms with Gasteiger partial charge in [-0.3, -0.25) is 0 Å². The molecule has 0 spiro atoms. The van der Waals surface area contributed by atoms with Gasteiger partial charge in [-0.1, -0.05) is 31.9 Å². The lowest BCUT2D eigenvalue weighted by atomic mass is 9.85. The molecule has 0 aliphatic heterocycles. The Morgan fingerprint density at radius 2 is 2.14 bits per heavy atom. The fourth-order valence-corrected chi connectivity index (χ4v) is 3.23. The summed E-state index contributed by atoms with van der Waals surface area (Å²) in [6.07, 6.45) is 9.39. The summed E-state index contributed by atoms with van der Waals surface area (Å²) in [5.74, 6) is 1.24. The maximum absolute atomic E-state index is 6.34. The van der Waals surface area contributed by atoms with Gasteiger partial charge in [0.05, 0.1) is 0 Å². The number of hydrogen-bond acceptors (Lipinski definition) is 3. The minimum atomic E-state index is 0.276. The Morgan fingerprint density at radius 1 is 1.33 bits per heavy atom. The summed E-state index contributed by atoms with van der Waals surface area (Å²) in [5, 5.41) is 3.99. The van der Waals surface area contributed by atoms with Gasteiger partial charge < -0.3 is 10.1 Å². The maximum atomic E-state index is 6.34. The third-order valence-corrected chi connectivity index (χ3v) is 4.52. The minimum Gasteiger partial charge on any atom is -0.473 e. The fraction of sp³-hybridized carbons (Fsp3) is 0.706.